The van der Waals surface area contributed by atoms with Gasteiger partial charge in [0, 0.05) is 10.9 Å². The summed E-state index contributed by atoms with van der Waals surface area (Å²) in [5.74, 6) is 1.72. The molecule has 1 nitrogen and oxygen atoms in total. The molecule has 2 rings (SSSR count). The van der Waals surface area contributed by atoms with Crippen LogP contribution >= 0.6 is 27.3 Å². The molecule has 1 aliphatic carbocycles. The first-order valence-corrected chi connectivity index (χ1v) is 9.22. The summed E-state index contributed by atoms with van der Waals surface area (Å²) < 4.78 is 1.30. The number of thiophene rings is 1. The first kappa shape index (κ1) is 15.5. The lowest BCUT2D eigenvalue weighted by Gasteiger charge is -2.33. The Morgan fingerprint density at radius 2 is 2.26 bits per heavy atom. The highest BCUT2D eigenvalue weighted by atomic mass is 79.9. The molecule has 108 valence electrons. The van der Waals surface area contributed by atoms with E-state index in [1.807, 2.05) is 11.3 Å². The molecular formula is C16H26BrNS. The second-order valence-electron chi connectivity index (χ2n) is 6.07. The molecular weight excluding hydrogens is 318 g/mol. The van der Waals surface area contributed by atoms with E-state index in [-0.39, 0.29) is 0 Å². The molecule has 1 N–H and O–H groups in total. The Balaban J connectivity index is 2.14. The number of nitrogens with one attached hydrogen (secondary N) is 1. The summed E-state index contributed by atoms with van der Waals surface area (Å²) in [5, 5.41) is 3.81. The third-order valence-electron chi connectivity index (χ3n) is 4.25. The molecule has 0 spiro atoms. The van der Waals surface area contributed by atoms with E-state index in [1.54, 1.807) is 0 Å². The van der Waals surface area contributed by atoms with Gasteiger partial charge >= 0.3 is 0 Å². The van der Waals surface area contributed by atoms with Gasteiger partial charge in [-0.1, -0.05) is 26.7 Å². The van der Waals surface area contributed by atoms with Gasteiger partial charge in [0.05, 0.1) is 3.79 Å². The smallest absolute Gasteiger partial charge is 0.0731 e. The molecule has 0 aromatic carbocycles. The van der Waals surface area contributed by atoms with Crippen LogP contribution in [0.1, 0.15) is 62.4 Å². The van der Waals surface area contributed by atoms with Crippen LogP contribution in [-0.2, 0) is 0 Å². The topological polar surface area (TPSA) is 12.0 Å². The number of aryl methyl sites for hydroxylation is 1. The van der Waals surface area contributed by atoms with Crippen LogP contribution < -0.4 is 5.32 Å². The van der Waals surface area contributed by atoms with Crippen molar-refractivity contribution in [2.24, 2.45) is 11.8 Å². The average molecular weight is 344 g/mol. The number of hydrogen-bond acceptors (Lipinski definition) is 2. The van der Waals surface area contributed by atoms with Crippen molar-refractivity contribution >= 4 is 27.3 Å². The van der Waals surface area contributed by atoms with Gasteiger partial charge in [0.15, 0.2) is 0 Å². The minimum atomic E-state index is 0.567. The summed E-state index contributed by atoms with van der Waals surface area (Å²) in [6.07, 6.45) is 6.81. The fourth-order valence-electron chi connectivity index (χ4n) is 3.22. The molecule has 19 heavy (non-hydrogen) atoms. The van der Waals surface area contributed by atoms with E-state index in [0.717, 1.165) is 18.4 Å². The van der Waals surface area contributed by atoms with Crippen LogP contribution in [-0.4, -0.2) is 6.54 Å². The maximum absolute atomic E-state index is 3.81. The molecule has 1 aromatic rings. The molecule has 1 aliphatic rings. The molecule has 0 bridgehead atoms. The molecule has 1 saturated carbocycles. The zero-order valence-electron chi connectivity index (χ0n) is 12.3. The molecule has 3 unspecified atom stereocenters. The van der Waals surface area contributed by atoms with Gasteiger partial charge < -0.3 is 5.32 Å². The molecule has 1 aromatic heterocycles. The van der Waals surface area contributed by atoms with Gasteiger partial charge in [-0.25, -0.2) is 0 Å². The Morgan fingerprint density at radius 3 is 2.84 bits per heavy atom. The van der Waals surface area contributed by atoms with Gasteiger partial charge in [-0.05, 0) is 72.1 Å². The van der Waals surface area contributed by atoms with Crippen molar-refractivity contribution in [1.82, 2.24) is 5.32 Å². The number of hydrogen-bond donors (Lipinski definition) is 1. The van der Waals surface area contributed by atoms with Crippen molar-refractivity contribution in [3.8, 4) is 0 Å². The predicted octanol–water partition coefficient (Wildman–Crippen LogP) is 5.69. The monoisotopic (exact) mass is 343 g/mol. The van der Waals surface area contributed by atoms with E-state index in [9.17, 15) is 0 Å². The van der Waals surface area contributed by atoms with Crippen LogP contribution in [0.5, 0.6) is 0 Å². The normalized spacial score (nSPS) is 25.5. The summed E-state index contributed by atoms with van der Waals surface area (Å²) >= 11 is 5.60. The van der Waals surface area contributed by atoms with E-state index >= 15 is 0 Å². The first-order valence-electron chi connectivity index (χ1n) is 7.61. The van der Waals surface area contributed by atoms with E-state index in [2.05, 4.69) is 48.1 Å². The van der Waals surface area contributed by atoms with E-state index in [1.165, 1.54) is 46.3 Å². The third-order valence-corrected chi connectivity index (χ3v) is 6.47. The lowest BCUT2D eigenvalue weighted by Crippen LogP contribution is -2.31. The van der Waals surface area contributed by atoms with Crippen molar-refractivity contribution in [1.29, 1.82) is 0 Å². The largest absolute Gasteiger partial charge is 0.309 e. The minimum Gasteiger partial charge on any atom is -0.309 e. The van der Waals surface area contributed by atoms with Gasteiger partial charge in [-0.2, -0.15) is 0 Å². The maximum atomic E-state index is 3.81. The summed E-state index contributed by atoms with van der Waals surface area (Å²) in [7, 11) is 0. The highest BCUT2D eigenvalue weighted by molar-refractivity contribution is 9.11. The summed E-state index contributed by atoms with van der Waals surface area (Å²) in [5.41, 5.74) is 1.38. The van der Waals surface area contributed by atoms with Crippen molar-refractivity contribution in [2.45, 2.75) is 58.9 Å². The second-order valence-corrected chi connectivity index (χ2v) is 8.47. The molecule has 3 atom stereocenters. The molecule has 0 saturated heterocycles. The van der Waals surface area contributed by atoms with Gasteiger partial charge in [0.1, 0.15) is 0 Å². The van der Waals surface area contributed by atoms with Gasteiger partial charge in [-0.15, -0.1) is 11.3 Å². The van der Waals surface area contributed by atoms with E-state index < -0.39 is 0 Å². The molecule has 0 radical (unpaired) electrons. The Bertz CT molecular complexity index is 382. The van der Waals surface area contributed by atoms with Gasteiger partial charge in [0.25, 0.3) is 0 Å². The molecule has 1 heterocycles. The predicted molar refractivity (Wildman–Crippen MR) is 88.9 cm³/mol. The fourth-order valence-corrected chi connectivity index (χ4v) is 4.96. The zero-order valence-corrected chi connectivity index (χ0v) is 14.7. The molecule has 3 heteroatoms. The van der Waals surface area contributed by atoms with Crippen LogP contribution in [0.3, 0.4) is 0 Å². The Hall–Kier alpha value is 0.140. The zero-order chi connectivity index (χ0) is 13.8. The van der Waals surface area contributed by atoms with Crippen LogP contribution in [0.25, 0.3) is 0 Å². The Labute approximate surface area is 130 Å². The van der Waals surface area contributed by atoms with E-state index in [4.69, 9.17) is 0 Å². The summed E-state index contributed by atoms with van der Waals surface area (Å²) in [6, 6.07) is 2.94. The van der Waals surface area contributed by atoms with Crippen LogP contribution in [0.15, 0.2) is 9.85 Å². The van der Waals surface area contributed by atoms with Crippen LogP contribution in [0, 0.1) is 18.8 Å². The van der Waals surface area contributed by atoms with Crippen molar-refractivity contribution in [3.05, 3.63) is 20.3 Å². The lowest BCUT2D eigenvalue weighted by molar-refractivity contribution is 0.226. The van der Waals surface area contributed by atoms with E-state index in [0.29, 0.717) is 6.04 Å². The second kappa shape index (κ2) is 7.24. The first-order chi connectivity index (χ1) is 9.11. The van der Waals surface area contributed by atoms with Crippen molar-refractivity contribution in [2.75, 3.05) is 6.54 Å². The maximum Gasteiger partial charge on any atom is 0.0731 e. The Morgan fingerprint density at radius 1 is 1.47 bits per heavy atom. The van der Waals surface area contributed by atoms with Crippen molar-refractivity contribution in [3.63, 3.8) is 0 Å². The quantitative estimate of drug-likeness (QED) is 0.724. The standard InChI is InChI=1S/C16H26BrNS/c1-4-8-18-15(13-7-5-6-11(2)9-13)14-10-12(3)16(17)19-14/h10-11,13,15,18H,4-9H2,1-3H3. The third kappa shape index (κ3) is 4.05. The number of halogens is 1. The van der Waals surface area contributed by atoms with Crippen LogP contribution in [0.4, 0.5) is 0 Å². The summed E-state index contributed by atoms with van der Waals surface area (Å²) in [4.78, 5) is 1.52. The Kier molecular flexibility index (Phi) is 5.91. The molecule has 0 aliphatic heterocycles. The highest BCUT2D eigenvalue weighted by Gasteiger charge is 2.28. The molecule has 1 fully saturated rings. The highest BCUT2D eigenvalue weighted by Crippen LogP contribution is 2.41. The average Bonchev–Trinajstić information content (AvgIpc) is 2.70. The minimum absolute atomic E-state index is 0.567. The fraction of sp³-hybridized carbons (Fsp3) is 0.750. The van der Waals surface area contributed by atoms with Gasteiger partial charge in [-0.3, -0.25) is 0 Å². The molecule has 0 amide bonds. The summed E-state index contributed by atoms with van der Waals surface area (Å²) in [6.45, 7) is 8.00. The SMILES string of the molecule is CCCNC(c1cc(C)c(Br)s1)C1CCCC(C)C1. The lowest BCUT2D eigenvalue weighted by atomic mass is 9.78. The van der Waals surface area contributed by atoms with Crippen LogP contribution in [0.2, 0.25) is 0 Å². The van der Waals surface area contributed by atoms with Gasteiger partial charge in [0.2, 0.25) is 0 Å². The van der Waals surface area contributed by atoms with Crippen molar-refractivity contribution < 1.29 is 0 Å². The number of rotatable bonds is 5.